The second-order valence-corrected chi connectivity index (χ2v) is 5.94. The lowest BCUT2D eigenvalue weighted by Gasteiger charge is -2.25. The van der Waals surface area contributed by atoms with Gasteiger partial charge in [-0.15, -0.1) is 0 Å². The van der Waals surface area contributed by atoms with Crippen LogP contribution in [-0.2, 0) is 0 Å². The molecule has 4 heteroatoms. The molecule has 0 spiro atoms. The molecule has 0 saturated carbocycles. The molecule has 0 radical (unpaired) electrons. The number of hydrogen-bond donors (Lipinski definition) is 1. The maximum atomic E-state index is 11.7. The van der Waals surface area contributed by atoms with E-state index in [2.05, 4.69) is 4.90 Å². The first kappa shape index (κ1) is 15.8. The summed E-state index contributed by atoms with van der Waals surface area (Å²) in [5.74, 6) is -0.453. The van der Waals surface area contributed by atoms with Gasteiger partial charge in [0.15, 0.2) is 5.75 Å². The Hall–Kier alpha value is -3.66. The van der Waals surface area contributed by atoms with Crippen molar-refractivity contribution < 1.29 is 5.11 Å². The SMILES string of the molecule is O=c1c(O)c(-c2ccc(N(c3ccccc3)c3ccccc3)cc2)c1=O. The molecule has 0 bridgehead atoms. The van der Waals surface area contributed by atoms with Crippen LogP contribution in [0.1, 0.15) is 0 Å². The number of para-hydroxylation sites is 2. The minimum absolute atomic E-state index is 0.0903. The van der Waals surface area contributed by atoms with Gasteiger partial charge in [-0.3, -0.25) is 9.59 Å². The maximum Gasteiger partial charge on any atom is 0.268 e. The van der Waals surface area contributed by atoms with Gasteiger partial charge in [-0.1, -0.05) is 48.5 Å². The Morgan fingerprint density at radius 3 is 1.50 bits per heavy atom. The molecular weight excluding hydrogens is 326 g/mol. The average molecular weight is 341 g/mol. The van der Waals surface area contributed by atoms with Crippen molar-refractivity contribution in [2.45, 2.75) is 0 Å². The molecule has 26 heavy (non-hydrogen) atoms. The van der Waals surface area contributed by atoms with Crippen LogP contribution in [0.15, 0.2) is 94.5 Å². The molecule has 0 aromatic heterocycles. The summed E-state index contributed by atoms with van der Waals surface area (Å²) in [4.78, 5) is 25.0. The van der Waals surface area contributed by atoms with Gasteiger partial charge < -0.3 is 10.0 Å². The molecule has 1 N–H and O–H groups in total. The molecule has 0 saturated heterocycles. The highest BCUT2D eigenvalue weighted by Gasteiger charge is 2.21. The summed E-state index contributed by atoms with van der Waals surface area (Å²) in [6.45, 7) is 0. The number of nitrogens with zero attached hydrogens (tertiary/aromatic N) is 1. The molecule has 4 rings (SSSR count). The molecule has 0 amide bonds. The standard InChI is InChI=1S/C22H15NO3/c24-20-19(21(25)22(20)26)15-11-13-18(14-12-15)23(16-7-3-1-4-8-16)17-9-5-2-6-10-17/h1-14,24H. The first-order valence-corrected chi connectivity index (χ1v) is 8.20. The number of anilines is 3. The van der Waals surface area contributed by atoms with E-state index in [1.807, 2.05) is 72.8 Å². The van der Waals surface area contributed by atoms with Crippen molar-refractivity contribution in [1.29, 1.82) is 0 Å². The van der Waals surface area contributed by atoms with E-state index in [1.165, 1.54) is 0 Å². The normalized spacial score (nSPS) is 10.8. The Kier molecular flexibility index (Phi) is 3.86. The van der Waals surface area contributed by atoms with Crippen LogP contribution in [0.3, 0.4) is 0 Å². The van der Waals surface area contributed by atoms with E-state index >= 15 is 0 Å². The van der Waals surface area contributed by atoms with Gasteiger partial charge in [0.2, 0.25) is 5.43 Å². The lowest BCUT2D eigenvalue weighted by atomic mass is 9.99. The predicted molar refractivity (Wildman–Crippen MR) is 103 cm³/mol. The molecule has 0 atom stereocenters. The van der Waals surface area contributed by atoms with Gasteiger partial charge in [-0.2, -0.15) is 0 Å². The van der Waals surface area contributed by atoms with Crippen LogP contribution in [0, 0.1) is 0 Å². The summed E-state index contributed by atoms with van der Waals surface area (Å²) < 4.78 is 0. The van der Waals surface area contributed by atoms with Crippen molar-refractivity contribution in [2.24, 2.45) is 0 Å². The van der Waals surface area contributed by atoms with E-state index in [0.717, 1.165) is 17.1 Å². The fourth-order valence-electron chi connectivity index (χ4n) is 3.03. The monoisotopic (exact) mass is 341 g/mol. The minimum atomic E-state index is -0.820. The first-order chi connectivity index (χ1) is 12.7. The molecular formula is C22H15NO3. The zero-order chi connectivity index (χ0) is 18.1. The van der Waals surface area contributed by atoms with Gasteiger partial charge in [0.1, 0.15) is 0 Å². The molecule has 0 aliphatic carbocycles. The molecule has 0 unspecified atom stereocenters. The van der Waals surface area contributed by atoms with Crippen molar-refractivity contribution in [3.05, 3.63) is 105 Å². The quantitative estimate of drug-likeness (QED) is 0.567. The van der Waals surface area contributed by atoms with E-state index < -0.39 is 16.6 Å². The average Bonchev–Trinajstić information content (AvgIpc) is 2.71. The smallest absolute Gasteiger partial charge is 0.268 e. The highest BCUT2D eigenvalue weighted by molar-refractivity contribution is 5.79. The third kappa shape index (κ3) is 2.58. The largest absolute Gasteiger partial charge is 0.503 e. The lowest BCUT2D eigenvalue weighted by molar-refractivity contribution is 0.465. The molecule has 4 aromatic carbocycles. The summed E-state index contributed by atoms with van der Waals surface area (Å²) in [6.07, 6.45) is 0. The van der Waals surface area contributed by atoms with Crippen molar-refractivity contribution in [2.75, 3.05) is 4.90 Å². The Morgan fingerprint density at radius 2 is 1.04 bits per heavy atom. The highest BCUT2D eigenvalue weighted by Crippen LogP contribution is 2.35. The van der Waals surface area contributed by atoms with Gasteiger partial charge in [0.25, 0.3) is 5.43 Å². The van der Waals surface area contributed by atoms with E-state index in [0.29, 0.717) is 5.56 Å². The van der Waals surface area contributed by atoms with Crippen molar-refractivity contribution in [3.63, 3.8) is 0 Å². The van der Waals surface area contributed by atoms with Crippen LogP contribution in [-0.4, -0.2) is 5.11 Å². The topological polar surface area (TPSA) is 57.6 Å². The third-order valence-electron chi connectivity index (χ3n) is 4.33. The number of rotatable bonds is 4. The van der Waals surface area contributed by atoms with Crippen LogP contribution in [0.25, 0.3) is 11.1 Å². The van der Waals surface area contributed by atoms with Gasteiger partial charge in [0.05, 0.1) is 5.56 Å². The summed E-state index contributed by atoms with van der Waals surface area (Å²) in [7, 11) is 0. The molecule has 0 fully saturated rings. The van der Waals surface area contributed by atoms with Crippen molar-refractivity contribution >= 4 is 17.1 Å². The van der Waals surface area contributed by atoms with E-state index in [9.17, 15) is 14.7 Å². The fourth-order valence-corrected chi connectivity index (χ4v) is 3.03. The first-order valence-electron chi connectivity index (χ1n) is 8.20. The summed E-state index contributed by atoms with van der Waals surface area (Å²) in [5.41, 5.74) is 2.08. The number of hydrogen-bond acceptors (Lipinski definition) is 4. The highest BCUT2D eigenvalue weighted by atomic mass is 16.3. The van der Waals surface area contributed by atoms with E-state index in [1.54, 1.807) is 12.1 Å². The zero-order valence-corrected chi connectivity index (χ0v) is 13.8. The number of benzene rings is 3. The molecule has 0 heterocycles. The molecule has 126 valence electrons. The second-order valence-electron chi connectivity index (χ2n) is 5.94. The molecule has 0 aliphatic rings. The van der Waals surface area contributed by atoms with Crippen LogP contribution in [0.2, 0.25) is 0 Å². The van der Waals surface area contributed by atoms with E-state index in [4.69, 9.17) is 0 Å². The Labute approximate surface area is 149 Å². The second kappa shape index (κ2) is 6.33. The summed E-state index contributed by atoms with van der Waals surface area (Å²) in [5, 5.41) is 9.63. The third-order valence-corrected chi connectivity index (χ3v) is 4.33. The van der Waals surface area contributed by atoms with Crippen molar-refractivity contribution in [1.82, 2.24) is 0 Å². The predicted octanol–water partition coefficient (Wildman–Crippen LogP) is 4.13. The Balaban J connectivity index is 1.78. The molecule has 0 aliphatic heterocycles. The van der Waals surface area contributed by atoms with Crippen LogP contribution in [0.4, 0.5) is 17.1 Å². The van der Waals surface area contributed by atoms with E-state index in [-0.39, 0.29) is 5.56 Å². The van der Waals surface area contributed by atoms with Crippen LogP contribution in [0.5, 0.6) is 5.75 Å². The van der Waals surface area contributed by atoms with Gasteiger partial charge in [0, 0.05) is 17.1 Å². The minimum Gasteiger partial charge on any atom is -0.503 e. The Bertz CT molecular complexity index is 1070. The Morgan fingerprint density at radius 1 is 0.577 bits per heavy atom. The number of aromatic hydroxyl groups is 1. The van der Waals surface area contributed by atoms with Gasteiger partial charge in [-0.05, 0) is 42.0 Å². The summed E-state index contributed by atoms with van der Waals surface area (Å²) in [6, 6.07) is 27.1. The molecule has 4 aromatic rings. The fraction of sp³-hybridized carbons (Fsp3) is 0. The summed E-state index contributed by atoms with van der Waals surface area (Å²) >= 11 is 0. The van der Waals surface area contributed by atoms with Gasteiger partial charge >= 0.3 is 0 Å². The van der Waals surface area contributed by atoms with Crippen molar-refractivity contribution in [3.8, 4) is 16.9 Å². The van der Waals surface area contributed by atoms with Crippen LogP contribution >= 0.6 is 0 Å². The van der Waals surface area contributed by atoms with Gasteiger partial charge in [-0.25, -0.2) is 0 Å². The molecule has 4 nitrogen and oxygen atoms in total. The lowest BCUT2D eigenvalue weighted by Crippen LogP contribution is -2.31. The van der Waals surface area contributed by atoms with Crippen LogP contribution < -0.4 is 15.8 Å². The maximum absolute atomic E-state index is 11.7. The zero-order valence-electron chi connectivity index (χ0n) is 13.8.